The molecule has 0 aromatic heterocycles. The molecule has 2 atom stereocenters. The van der Waals surface area contributed by atoms with Crippen molar-refractivity contribution in [1.29, 1.82) is 0 Å². The van der Waals surface area contributed by atoms with Gasteiger partial charge < -0.3 is 15.3 Å². The van der Waals surface area contributed by atoms with Crippen molar-refractivity contribution in [2.75, 3.05) is 7.05 Å². The highest BCUT2D eigenvalue weighted by atomic mass is 16.4. The van der Waals surface area contributed by atoms with Crippen molar-refractivity contribution in [2.45, 2.75) is 70.9 Å². The summed E-state index contributed by atoms with van der Waals surface area (Å²) in [4.78, 5) is 25.4. The van der Waals surface area contributed by atoms with E-state index in [-0.39, 0.29) is 17.6 Å². The molecule has 2 amide bonds. The zero-order chi connectivity index (χ0) is 15.3. The van der Waals surface area contributed by atoms with Crippen molar-refractivity contribution in [1.82, 2.24) is 10.2 Å². The summed E-state index contributed by atoms with van der Waals surface area (Å²) in [5.74, 6) is -1.26. The van der Waals surface area contributed by atoms with Gasteiger partial charge in [0.25, 0.3) is 0 Å². The van der Waals surface area contributed by atoms with Gasteiger partial charge in [0.2, 0.25) is 0 Å². The predicted molar refractivity (Wildman–Crippen MR) is 78.7 cm³/mol. The molecule has 1 fully saturated rings. The summed E-state index contributed by atoms with van der Waals surface area (Å²) in [6.45, 7) is 6.05. The lowest BCUT2D eigenvalue weighted by atomic mass is 9.95. The van der Waals surface area contributed by atoms with Gasteiger partial charge in [-0.3, -0.25) is 4.79 Å². The highest BCUT2D eigenvalue weighted by molar-refractivity contribution is 5.77. The van der Waals surface area contributed by atoms with Gasteiger partial charge in [0.15, 0.2) is 0 Å². The van der Waals surface area contributed by atoms with Gasteiger partial charge in [-0.25, -0.2) is 4.79 Å². The number of carbonyl (C=O) groups excluding carboxylic acids is 1. The number of carboxylic acids is 1. The van der Waals surface area contributed by atoms with Crippen molar-refractivity contribution >= 4 is 12.0 Å². The van der Waals surface area contributed by atoms with Crippen LogP contribution in [0.1, 0.15) is 59.3 Å². The Labute approximate surface area is 121 Å². The molecular weight excluding hydrogens is 256 g/mol. The molecule has 2 N–H and O–H groups in total. The monoisotopic (exact) mass is 284 g/mol. The fraction of sp³-hybridized carbons (Fsp3) is 0.867. The standard InChI is InChI=1S/C15H28N2O3/c1-5-15(2,3)17(4)14(20)16-12-10-8-6-7-9-11(12)13(18)19/h11-12H,5-10H2,1-4H3,(H,16,20)(H,18,19). The Morgan fingerprint density at radius 1 is 1.25 bits per heavy atom. The van der Waals surface area contributed by atoms with Crippen LogP contribution in [0, 0.1) is 5.92 Å². The zero-order valence-electron chi connectivity index (χ0n) is 13.1. The van der Waals surface area contributed by atoms with E-state index in [0.717, 1.165) is 32.1 Å². The lowest BCUT2D eigenvalue weighted by molar-refractivity contribution is -0.142. The summed E-state index contributed by atoms with van der Waals surface area (Å²) in [5.41, 5.74) is -0.229. The number of amides is 2. The average molecular weight is 284 g/mol. The minimum atomic E-state index is -0.797. The number of nitrogens with zero attached hydrogens (tertiary/aromatic N) is 1. The second-order valence-corrected chi connectivity index (χ2v) is 6.36. The number of nitrogens with one attached hydrogen (secondary N) is 1. The van der Waals surface area contributed by atoms with Crippen molar-refractivity contribution in [2.24, 2.45) is 5.92 Å². The fourth-order valence-electron chi connectivity index (χ4n) is 2.54. The van der Waals surface area contributed by atoms with Crippen LogP contribution in [0.3, 0.4) is 0 Å². The lowest BCUT2D eigenvalue weighted by Gasteiger charge is -2.36. The number of aliphatic carboxylic acids is 1. The fourth-order valence-corrected chi connectivity index (χ4v) is 2.54. The number of carboxylic acid groups (broad SMARTS) is 1. The first-order valence-corrected chi connectivity index (χ1v) is 7.56. The second kappa shape index (κ2) is 6.95. The molecule has 1 aliphatic carbocycles. The Morgan fingerprint density at radius 2 is 1.85 bits per heavy atom. The van der Waals surface area contributed by atoms with Crippen LogP contribution in [0.25, 0.3) is 0 Å². The molecule has 20 heavy (non-hydrogen) atoms. The summed E-state index contributed by atoms with van der Waals surface area (Å²) >= 11 is 0. The molecule has 0 heterocycles. The first-order chi connectivity index (χ1) is 9.29. The van der Waals surface area contributed by atoms with Crippen LogP contribution in [-0.4, -0.2) is 40.6 Å². The van der Waals surface area contributed by atoms with E-state index >= 15 is 0 Å². The van der Waals surface area contributed by atoms with Gasteiger partial charge in [-0.05, 0) is 33.1 Å². The minimum Gasteiger partial charge on any atom is -0.481 e. The molecule has 0 spiro atoms. The molecule has 1 saturated carbocycles. The zero-order valence-corrected chi connectivity index (χ0v) is 13.1. The van der Waals surface area contributed by atoms with Crippen LogP contribution in [0.5, 0.6) is 0 Å². The van der Waals surface area contributed by atoms with Crippen molar-refractivity contribution < 1.29 is 14.7 Å². The van der Waals surface area contributed by atoms with Gasteiger partial charge in [-0.15, -0.1) is 0 Å². The molecule has 1 aliphatic rings. The molecule has 5 heteroatoms. The Morgan fingerprint density at radius 3 is 2.40 bits per heavy atom. The first kappa shape index (κ1) is 16.8. The summed E-state index contributed by atoms with van der Waals surface area (Å²) in [6, 6.07) is -0.424. The van der Waals surface area contributed by atoms with Gasteiger partial charge >= 0.3 is 12.0 Å². The lowest BCUT2D eigenvalue weighted by Crippen LogP contribution is -2.53. The summed E-state index contributed by atoms with van der Waals surface area (Å²) in [7, 11) is 1.77. The number of rotatable bonds is 4. The number of hydrogen-bond acceptors (Lipinski definition) is 2. The Bertz CT molecular complexity index is 355. The van der Waals surface area contributed by atoms with Crippen molar-refractivity contribution in [3.05, 3.63) is 0 Å². The Kier molecular flexibility index (Phi) is 5.84. The van der Waals surface area contributed by atoms with E-state index in [1.54, 1.807) is 11.9 Å². The number of carbonyl (C=O) groups is 2. The quantitative estimate of drug-likeness (QED) is 0.780. The van der Waals surface area contributed by atoms with Gasteiger partial charge in [-0.2, -0.15) is 0 Å². The topological polar surface area (TPSA) is 69.6 Å². The largest absolute Gasteiger partial charge is 0.481 e. The number of urea groups is 1. The highest BCUT2D eigenvalue weighted by Gasteiger charge is 2.33. The summed E-state index contributed by atoms with van der Waals surface area (Å²) < 4.78 is 0. The third kappa shape index (κ3) is 4.12. The molecule has 116 valence electrons. The molecule has 2 unspecified atom stereocenters. The van der Waals surface area contributed by atoms with Crippen molar-refractivity contribution in [3.63, 3.8) is 0 Å². The van der Waals surface area contributed by atoms with Gasteiger partial charge in [-0.1, -0.05) is 26.2 Å². The van der Waals surface area contributed by atoms with Crippen LogP contribution in [-0.2, 0) is 4.79 Å². The molecule has 0 saturated heterocycles. The molecule has 0 bridgehead atoms. The third-order valence-electron chi connectivity index (χ3n) is 4.72. The molecule has 0 radical (unpaired) electrons. The van der Waals surface area contributed by atoms with E-state index in [2.05, 4.69) is 5.32 Å². The average Bonchev–Trinajstić information content (AvgIpc) is 2.63. The smallest absolute Gasteiger partial charge is 0.317 e. The SMILES string of the molecule is CCC(C)(C)N(C)C(=O)NC1CCCCCC1C(=O)O. The molecule has 0 aromatic rings. The number of hydrogen-bond donors (Lipinski definition) is 2. The van der Waals surface area contributed by atoms with E-state index in [1.807, 2.05) is 20.8 Å². The van der Waals surface area contributed by atoms with Crippen molar-refractivity contribution in [3.8, 4) is 0 Å². The van der Waals surface area contributed by atoms with Crippen LogP contribution >= 0.6 is 0 Å². The van der Waals surface area contributed by atoms with Crippen LogP contribution in [0.2, 0.25) is 0 Å². The van der Waals surface area contributed by atoms with E-state index in [0.29, 0.717) is 6.42 Å². The third-order valence-corrected chi connectivity index (χ3v) is 4.72. The van der Waals surface area contributed by atoms with E-state index in [9.17, 15) is 14.7 Å². The van der Waals surface area contributed by atoms with Gasteiger partial charge in [0, 0.05) is 18.6 Å². The highest BCUT2D eigenvalue weighted by Crippen LogP contribution is 2.24. The summed E-state index contributed by atoms with van der Waals surface area (Å²) in [5, 5.41) is 12.3. The predicted octanol–water partition coefficient (Wildman–Crippen LogP) is 2.85. The van der Waals surface area contributed by atoms with Crippen LogP contribution in [0.15, 0.2) is 0 Å². The Balaban J connectivity index is 2.73. The minimum absolute atomic E-state index is 0.171. The molecule has 0 aliphatic heterocycles. The maximum atomic E-state index is 12.3. The normalized spacial score (nSPS) is 23.8. The summed E-state index contributed by atoms with van der Waals surface area (Å²) in [6.07, 6.45) is 5.22. The second-order valence-electron chi connectivity index (χ2n) is 6.36. The molecule has 0 aromatic carbocycles. The maximum Gasteiger partial charge on any atom is 0.317 e. The first-order valence-electron chi connectivity index (χ1n) is 7.56. The van der Waals surface area contributed by atoms with E-state index in [1.165, 1.54) is 0 Å². The Hall–Kier alpha value is -1.26. The van der Waals surface area contributed by atoms with Gasteiger partial charge in [0.05, 0.1) is 5.92 Å². The van der Waals surface area contributed by atoms with Crippen LogP contribution < -0.4 is 5.32 Å². The van der Waals surface area contributed by atoms with E-state index in [4.69, 9.17) is 0 Å². The maximum absolute atomic E-state index is 12.3. The molecule has 1 rings (SSSR count). The molecular formula is C15H28N2O3. The molecule has 5 nitrogen and oxygen atoms in total. The van der Waals surface area contributed by atoms with E-state index < -0.39 is 11.9 Å². The van der Waals surface area contributed by atoms with Gasteiger partial charge in [0.1, 0.15) is 0 Å². The van der Waals surface area contributed by atoms with Crippen LogP contribution in [0.4, 0.5) is 4.79 Å².